The molecule has 4 aromatic rings. The van der Waals surface area contributed by atoms with Crippen LogP contribution in [0.2, 0.25) is 0 Å². The fraction of sp³-hybridized carbons (Fsp3) is 0. The fourth-order valence-corrected chi connectivity index (χ4v) is 2.49. The normalized spacial score (nSPS) is 10.6. The highest BCUT2D eigenvalue weighted by molar-refractivity contribution is 5.65. The van der Waals surface area contributed by atoms with E-state index in [1.54, 1.807) is 12.4 Å². The van der Waals surface area contributed by atoms with E-state index in [2.05, 4.69) is 33.3 Å². The van der Waals surface area contributed by atoms with Crippen molar-refractivity contribution in [2.24, 2.45) is 0 Å². The van der Waals surface area contributed by atoms with Crippen LogP contribution in [-0.4, -0.2) is 19.7 Å². The van der Waals surface area contributed by atoms with Crippen LogP contribution in [0.25, 0.3) is 28.1 Å². The van der Waals surface area contributed by atoms with Crippen molar-refractivity contribution in [1.82, 2.24) is 19.7 Å². The monoisotopic (exact) mass is 298 g/mol. The van der Waals surface area contributed by atoms with Gasteiger partial charge in [0.15, 0.2) is 0 Å². The number of hydrogen-bond donors (Lipinski definition) is 0. The van der Waals surface area contributed by atoms with Gasteiger partial charge in [0, 0.05) is 35.9 Å². The fourth-order valence-electron chi connectivity index (χ4n) is 2.49. The summed E-state index contributed by atoms with van der Waals surface area (Å²) in [5.41, 5.74) is 5.13. The third kappa shape index (κ3) is 2.74. The van der Waals surface area contributed by atoms with Gasteiger partial charge < -0.3 is 0 Å². The summed E-state index contributed by atoms with van der Waals surface area (Å²) < 4.78 is 1.86. The van der Waals surface area contributed by atoms with Gasteiger partial charge >= 0.3 is 0 Å². The lowest BCUT2D eigenvalue weighted by molar-refractivity contribution is 0.881. The first-order valence-corrected chi connectivity index (χ1v) is 7.37. The second-order valence-electron chi connectivity index (χ2n) is 5.18. The summed E-state index contributed by atoms with van der Waals surface area (Å²) in [6.07, 6.45) is 9.25. The maximum Gasteiger partial charge on any atom is 0.0733 e. The number of nitrogens with zero attached hydrogens (tertiary/aromatic N) is 4. The van der Waals surface area contributed by atoms with E-state index in [0.717, 1.165) is 28.1 Å². The third-order valence-corrected chi connectivity index (χ3v) is 3.65. The van der Waals surface area contributed by atoms with Crippen LogP contribution in [0.15, 0.2) is 85.6 Å². The second kappa shape index (κ2) is 5.85. The molecule has 0 fully saturated rings. The van der Waals surface area contributed by atoms with Gasteiger partial charge in [0.1, 0.15) is 0 Å². The van der Waals surface area contributed by atoms with Crippen LogP contribution in [0.3, 0.4) is 0 Å². The molecule has 3 heterocycles. The Morgan fingerprint density at radius 3 is 2.52 bits per heavy atom. The molecule has 4 nitrogen and oxygen atoms in total. The SMILES string of the molecule is c1ccc(-c2cnn(-c3cccc(-c4cccnc4)c3)c2)nc1. The molecule has 1 aromatic carbocycles. The van der Waals surface area contributed by atoms with Gasteiger partial charge in [-0.3, -0.25) is 9.97 Å². The zero-order chi connectivity index (χ0) is 15.5. The Labute approximate surface area is 134 Å². The molecule has 4 rings (SSSR count). The first kappa shape index (κ1) is 13.4. The van der Waals surface area contributed by atoms with Crippen molar-refractivity contribution < 1.29 is 0 Å². The minimum absolute atomic E-state index is 0.919. The van der Waals surface area contributed by atoms with Crippen LogP contribution < -0.4 is 0 Å². The molecule has 23 heavy (non-hydrogen) atoms. The summed E-state index contributed by atoms with van der Waals surface area (Å²) in [5.74, 6) is 0. The van der Waals surface area contributed by atoms with E-state index >= 15 is 0 Å². The van der Waals surface area contributed by atoms with Crippen LogP contribution in [0.4, 0.5) is 0 Å². The van der Waals surface area contributed by atoms with Gasteiger partial charge in [-0.15, -0.1) is 0 Å². The van der Waals surface area contributed by atoms with E-state index in [9.17, 15) is 0 Å². The van der Waals surface area contributed by atoms with Gasteiger partial charge in [-0.25, -0.2) is 4.68 Å². The van der Waals surface area contributed by atoms with Crippen molar-refractivity contribution in [3.8, 4) is 28.1 Å². The highest BCUT2D eigenvalue weighted by atomic mass is 15.3. The van der Waals surface area contributed by atoms with Crippen LogP contribution in [0, 0.1) is 0 Å². The lowest BCUT2D eigenvalue weighted by atomic mass is 10.1. The van der Waals surface area contributed by atoms with Gasteiger partial charge in [0.05, 0.1) is 17.6 Å². The Morgan fingerprint density at radius 1 is 0.739 bits per heavy atom. The highest BCUT2D eigenvalue weighted by Crippen LogP contribution is 2.22. The van der Waals surface area contributed by atoms with Crippen LogP contribution in [0.5, 0.6) is 0 Å². The first-order valence-electron chi connectivity index (χ1n) is 7.37. The Balaban J connectivity index is 1.71. The molecule has 0 aliphatic rings. The first-order chi connectivity index (χ1) is 11.4. The molecule has 0 radical (unpaired) electrons. The van der Waals surface area contributed by atoms with Crippen molar-refractivity contribution in [3.05, 3.63) is 85.6 Å². The summed E-state index contributed by atoms with van der Waals surface area (Å²) in [6, 6.07) is 18.1. The zero-order valence-corrected chi connectivity index (χ0v) is 12.4. The largest absolute Gasteiger partial charge is 0.264 e. The third-order valence-electron chi connectivity index (χ3n) is 3.65. The second-order valence-corrected chi connectivity index (χ2v) is 5.18. The number of aromatic nitrogens is 4. The Bertz CT molecular complexity index is 914. The van der Waals surface area contributed by atoms with Gasteiger partial charge in [-0.1, -0.05) is 24.3 Å². The quantitative estimate of drug-likeness (QED) is 0.574. The average molecular weight is 298 g/mol. The Kier molecular flexibility index (Phi) is 3.41. The Hall–Kier alpha value is -3.27. The highest BCUT2D eigenvalue weighted by Gasteiger charge is 2.05. The summed E-state index contributed by atoms with van der Waals surface area (Å²) in [4.78, 5) is 8.54. The minimum Gasteiger partial charge on any atom is -0.264 e. The number of pyridine rings is 2. The maximum atomic E-state index is 4.46. The van der Waals surface area contributed by atoms with Crippen molar-refractivity contribution in [1.29, 1.82) is 0 Å². The lowest BCUT2D eigenvalue weighted by Gasteiger charge is -2.05. The van der Waals surface area contributed by atoms with Gasteiger partial charge in [0.25, 0.3) is 0 Å². The van der Waals surface area contributed by atoms with E-state index in [1.165, 1.54) is 0 Å². The molecule has 110 valence electrons. The molecule has 0 aliphatic heterocycles. The van der Waals surface area contributed by atoms with Crippen LogP contribution in [-0.2, 0) is 0 Å². The van der Waals surface area contributed by atoms with Crippen molar-refractivity contribution >= 4 is 0 Å². The minimum atomic E-state index is 0.919. The molecule has 0 saturated heterocycles. The van der Waals surface area contributed by atoms with E-state index in [4.69, 9.17) is 0 Å². The van der Waals surface area contributed by atoms with Gasteiger partial charge in [0.2, 0.25) is 0 Å². The van der Waals surface area contributed by atoms with Crippen molar-refractivity contribution in [3.63, 3.8) is 0 Å². The zero-order valence-electron chi connectivity index (χ0n) is 12.4. The maximum absolute atomic E-state index is 4.46. The number of hydrogen-bond acceptors (Lipinski definition) is 3. The van der Waals surface area contributed by atoms with E-state index in [1.807, 2.05) is 59.7 Å². The van der Waals surface area contributed by atoms with E-state index in [-0.39, 0.29) is 0 Å². The molecular weight excluding hydrogens is 284 g/mol. The predicted molar refractivity (Wildman–Crippen MR) is 90.0 cm³/mol. The van der Waals surface area contributed by atoms with Crippen molar-refractivity contribution in [2.75, 3.05) is 0 Å². The molecule has 0 saturated carbocycles. The van der Waals surface area contributed by atoms with E-state index < -0.39 is 0 Å². The Morgan fingerprint density at radius 2 is 1.70 bits per heavy atom. The van der Waals surface area contributed by atoms with Crippen LogP contribution in [0.1, 0.15) is 0 Å². The molecule has 4 heteroatoms. The molecule has 0 amide bonds. The summed E-state index contributed by atoms with van der Waals surface area (Å²) >= 11 is 0. The molecule has 0 bridgehead atoms. The lowest BCUT2D eigenvalue weighted by Crippen LogP contribution is -1.94. The topological polar surface area (TPSA) is 43.6 Å². The van der Waals surface area contributed by atoms with Crippen LogP contribution >= 0.6 is 0 Å². The molecule has 0 spiro atoms. The smallest absolute Gasteiger partial charge is 0.0733 e. The van der Waals surface area contributed by atoms with E-state index in [0.29, 0.717) is 0 Å². The summed E-state index contributed by atoms with van der Waals surface area (Å²) in [7, 11) is 0. The van der Waals surface area contributed by atoms with Gasteiger partial charge in [-0.05, 0) is 35.9 Å². The molecule has 3 aromatic heterocycles. The molecule has 0 N–H and O–H groups in total. The van der Waals surface area contributed by atoms with Crippen molar-refractivity contribution in [2.45, 2.75) is 0 Å². The number of benzene rings is 1. The molecule has 0 unspecified atom stereocenters. The molecule has 0 aliphatic carbocycles. The summed E-state index contributed by atoms with van der Waals surface area (Å²) in [6.45, 7) is 0. The van der Waals surface area contributed by atoms with Gasteiger partial charge in [-0.2, -0.15) is 5.10 Å². The molecular formula is C19H14N4. The molecule has 0 atom stereocenters. The number of rotatable bonds is 3. The average Bonchev–Trinajstić information content (AvgIpc) is 3.14. The summed E-state index contributed by atoms with van der Waals surface area (Å²) in [5, 5.41) is 4.46. The predicted octanol–water partition coefficient (Wildman–Crippen LogP) is 4.00. The standard InChI is InChI=1S/C19H14N4/c1-2-10-21-19(8-1)17-13-22-23(14-17)18-7-3-5-15(11-18)16-6-4-9-20-12-16/h1-14H.